The molecule has 1 N–H and O–H groups in total. The largest absolute Gasteiger partial charge is 0.416 e. The van der Waals surface area contributed by atoms with Crippen LogP contribution in [-0.2, 0) is 28.4 Å². The molecule has 2 aliphatic rings. The first kappa shape index (κ1) is 23.6. The maximum Gasteiger partial charge on any atom is 0.416 e. The summed E-state index contributed by atoms with van der Waals surface area (Å²) < 4.78 is 66.9. The van der Waals surface area contributed by atoms with E-state index >= 15 is 0 Å². The minimum atomic E-state index is -4.62. The minimum absolute atomic E-state index is 0.248. The fourth-order valence-electron chi connectivity index (χ4n) is 4.52. The molecule has 2 aromatic carbocycles. The highest BCUT2D eigenvalue weighted by molar-refractivity contribution is 7.88. The van der Waals surface area contributed by atoms with E-state index in [1.165, 1.54) is 28.1 Å². The number of halogens is 3. The molecule has 0 unspecified atom stereocenters. The van der Waals surface area contributed by atoms with Crippen LogP contribution in [0.15, 0.2) is 54.6 Å². The zero-order valence-electron chi connectivity index (χ0n) is 18.0. The summed E-state index contributed by atoms with van der Waals surface area (Å²) in [5, 5.41) is 2.85. The van der Waals surface area contributed by atoms with Crippen LogP contribution in [0.5, 0.6) is 0 Å². The van der Waals surface area contributed by atoms with Crippen molar-refractivity contribution in [1.82, 2.24) is 14.5 Å². The Kier molecular flexibility index (Phi) is 6.41. The van der Waals surface area contributed by atoms with E-state index in [9.17, 15) is 26.4 Å². The number of sulfonamides is 1. The van der Waals surface area contributed by atoms with Crippen LogP contribution < -0.4 is 5.32 Å². The Hall–Kier alpha value is -2.59. The number of nitrogens with zero attached hydrogens (tertiary/aromatic N) is 2. The number of hydrogen-bond donors (Lipinski definition) is 1. The molecule has 1 spiro atoms. The van der Waals surface area contributed by atoms with Crippen LogP contribution in [0.2, 0.25) is 0 Å². The van der Waals surface area contributed by atoms with Crippen LogP contribution in [0.25, 0.3) is 0 Å². The number of carbonyl (C=O) groups is 1. The first-order valence-electron chi connectivity index (χ1n) is 10.8. The van der Waals surface area contributed by atoms with Gasteiger partial charge < -0.3 is 10.2 Å². The van der Waals surface area contributed by atoms with Crippen molar-refractivity contribution < 1.29 is 26.4 Å². The summed E-state index contributed by atoms with van der Waals surface area (Å²) in [5.41, 5.74) is -0.711. The molecule has 0 atom stereocenters. The van der Waals surface area contributed by atoms with Gasteiger partial charge >= 0.3 is 12.2 Å². The van der Waals surface area contributed by atoms with Crippen molar-refractivity contribution in [2.75, 3.05) is 26.2 Å². The van der Waals surface area contributed by atoms with Crippen molar-refractivity contribution >= 4 is 16.1 Å². The molecule has 2 heterocycles. The molecule has 2 amide bonds. The van der Waals surface area contributed by atoms with E-state index in [4.69, 9.17) is 0 Å². The normalized spacial score (nSPS) is 18.0. The molecule has 0 aliphatic carbocycles. The molecule has 178 valence electrons. The second-order valence-electron chi connectivity index (χ2n) is 8.63. The second kappa shape index (κ2) is 8.98. The lowest BCUT2D eigenvalue weighted by molar-refractivity contribution is -0.138. The molecular formula is C23H26F3N3O3S. The molecular weight excluding hydrogens is 455 g/mol. The molecule has 6 nitrogen and oxygen atoms in total. The summed E-state index contributed by atoms with van der Waals surface area (Å²) in [6.07, 6.45) is -2.40. The Morgan fingerprint density at radius 3 is 2.33 bits per heavy atom. The summed E-state index contributed by atoms with van der Waals surface area (Å²) in [6, 6.07) is 14.4. The van der Waals surface area contributed by atoms with Crippen LogP contribution in [0.4, 0.5) is 18.0 Å². The van der Waals surface area contributed by atoms with Crippen molar-refractivity contribution in [3.8, 4) is 0 Å². The molecule has 33 heavy (non-hydrogen) atoms. The average molecular weight is 482 g/mol. The molecule has 2 aliphatic heterocycles. The number of benzene rings is 2. The van der Waals surface area contributed by atoms with E-state index in [-0.39, 0.29) is 31.2 Å². The van der Waals surface area contributed by atoms with Crippen LogP contribution in [0.1, 0.15) is 29.5 Å². The highest BCUT2D eigenvalue weighted by Crippen LogP contribution is 2.42. The van der Waals surface area contributed by atoms with Crippen LogP contribution in [0, 0.1) is 0 Å². The number of likely N-dealkylation sites (tertiary alicyclic amines) is 1. The van der Waals surface area contributed by atoms with Gasteiger partial charge in [0.2, 0.25) is 10.0 Å². The van der Waals surface area contributed by atoms with E-state index in [2.05, 4.69) is 5.32 Å². The van der Waals surface area contributed by atoms with Crippen molar-refractivity contribution in [2.45, 2.75) is 36.7 Å². The number of amides is 2. The smallest absolute Gasteiger partial charge is 0.338 e. The van der Waals surface area contributed by atoms with Crippen LogP contribution >= 0.6 is 0 Å². The molecule has 0 aromatic heterocycles. The average Bonchev–Trinajstić information content (AvgIpc) is 2.69. The van der Waals surface area contributed by atoms with Gasteiger partial charge in [0.25, 0.3) is 0 Å². The Bertz CT molecular complexity index is 1100. The third-order valence-corrected chi connectivity index (χ3v) is 8.24. The van der Waals surface area contributed by atoms with Gasteiger partial charge in [0.15, 0.2) is 0 Å². The van der Waals surface area contributed by atoms with Gasteiger partial charge in [0.1, 0.15) is 0 Å². The van der Waals surface area contributed by atoms with Gasteiger partial charge in [-0.25, -0.2) is 13.2 Å². The predicted octanol–water partition coefficient (Wildman–Crippen LogP) is 3.64. The van der Waals surface area contributed by atoms with E-state index in [0.29, 0.717) is 13.0 Å². The fourth-order valence-corrected chi connectivity index (χ4v) is 6.49. The SMILES string of the molecule is O=C(NCCCc1ccccc1)N1CC2(CCN2S(=O)(=O)Cc2ccccc2C(F)(F)F)C1. The topological polar surface area (TPSA) is 69.7 Å². The number of urea groups is 1. The monoisotopic (exact) mass is 481 g/mol. The van der Waals surface area contributed by atoms with Gasteiger partial charge in [-0.15, -0.1) is 0 Å². The standard InChI is InChI=1S/C23H26F3N3O3S/c24-23(25,26)20-11-5-4-10-19(20)15-33(31,32)29-14-12-22(29)16-28(17-22)21(30)27-13-6-9-18-7-2-1-3-8-18/h1-5,7-8,10-11H,6,9,12-17H2,(H,27,30). The molecule has 10 heteroatoms. The van der Waals surface area contributed by atoms with Gasteiger partial charge in [-0.3, -0.25) is 0 Å². The summed E-state index contributed by atoms with van der Waals surface area (Å²) in [6.45, 7) is 1.26. The van der Waals surface area contributed by atoms with Crippen molar-refractivity contribution in [1.29, 1.82) is 0 Å². The summed E-state index contributed by atoms with van der Waals surface area (Å²) in [4.78, 5) is 13.9. The van der Waals surface area contributed by atoms with E-state index in [0.717, 1.165) is 18.9 Å². The second-order valence-corrected chi connectivity index (χ2v) is 10.5. The first-order chi connectivity index (χ1) is 15.6. The zero-order chi connectivity index (χ0) is 23.7. The summed E-state index contributed by atoms with van der Waals surface area (Å²) in [7, 11) is -3.95. The first-order valence-corrected chi connectivity index (χ1v) is 12.4. The van der Waals surface area contributed by atoms with Gasteiger partial charge in [-0.05, 0) is 36.5 Å². The molecule has 0 bridgehead atoms. The molecule has 2 fully saturated rings. The van der Waals surface area contributed by atoms with Crippen molar-refractivity contribution in [3.63, 3.8) is 0 Å². The van der Waals surface area contributed by atoms with Gasteiger partial charge in [-0.1, -0.05) is 48.5 Å². The zero-order valence-corrected chi connectivity index (χ0v) is 18.8. The van der Waals surface area contributed by atoms with Gasteiger partial charge in [0.05, 0.1) is 16.9 Å². The summed E-state index contributed by atoms with van der Waals surface area (Å²) in [5.74, 6) is -0.712. The highest BCUT2D eigenvalue weighted by atomic mass is 32.2. The predicted molar refractivity (Wildman–Crippen MR) is 118 cm³/mol. The number of nitrogens with one attached hydrogen (secondary N) is 1. The number of rotatable bonds is 7. The molecule has 4 rings (SSSR count). The Balaban J connectivity index is 1.30. The molecule has 2 saturated heterocycles. The Morgan fingerprint density at radius 1 is 1.03 bits per heavy atom. The number of alkyl halides is 3. The van der Waals surface area contributed by atoms with Crippen LogP contribution in [-0.4, -0.2) is 55.4 Å². The van der Waals surface area contributed by atoms with Gasteiger partial charge in [-0.2, -0.15) is 17.5 Å². The summed E-state index contributed by atoms with van der Waals surface area (Å²) >= 11 is 0. The number of carbonyl (C=O) groups excluding carboxylic acids is 1. The van der Waals surface area contributed by atoms with Crippen LogP contribution in [0.3, 0.4) is 0 Å². The van der Waals surface area contributed by atoms with E-state index in [1.54, 1.807) is 4.90 Å². The number of hydrogen-bond acceptors (Lipinski definition) is 3. The Morgan fingerprint density at radius 2 is 1.70 bits per heavy atom. The van der Waals surface area contributed by atoms with E-state index in [1.807, 2.05) is 30.3 Å². The highest BCUT2D eigenvalue weighted by Gasteiger charge is 2.59. The van der Waals surface area contributed by atoms with Crippen molar-refractivity contribution in [2.24, 2.45) is 0 Å². The lowest BCUT2D eigenvalue weighted by atomic mass is 9.80. The Labute approximate surface area is 191 Å². The third-order valence-electron chi connectivity index (χ3n) is 6.32. The molecule has 0 saturated carbocycles. The van der Waals surface area contributed by atoms with Gasteiger partial charge in [0, 0.05) is 26.2 Å². The van der Waals surface area contributed by atoms with Crippen molar-refractivity contribution in [3.05, 3.63) is 71.3 Å². The minimum Gasteiger partial charge on any atom is -0.338 e. The third kappa shape index (κ3) is 5.01. The fraction of sp³-hybridized carbons (Fsp3) is 0.435. The maximum atomic E-state index is 13.3. The quantitative estimate of drug-likeness (QED) is 0.614. The van der Waals surface area contributed by atoms with E-state index < -0.39 is 33.1 Å². The number of aryl methyl sites for hydroxylation is 1. The lowest BCUT2D eigenvalue weighted by Gasteiger charge is -2.61. The molecule has 2 aromatic rings. The maximum absolute atomic E-state index is 13.3. The molecule has 0 radical (unpaired) electrons. The lowest BCUT2D eigenvalue weighted by Crippen LogP contribution is -2.79.